The summed E-state index contributed by atoms with van der Waals surface area (Å²) >= 11 is 0. The maximum absolute atomic E-state index is 12.4. The Labute approximate surface area is 116 Å². The van der Waals surface area contributed by atoms with Crippen molar-refractivity contribution in [2.24, 2.45) is 5.92 Å². The van der Waals surface area contributed by atoms with Crippen LogP contribution in [0.1, 0.15) is 32.6 Å². The minimum absolute atomic E-state index is 0.0103. The lowest BCUT2D eigenvalue weighted by Gasteiger charge is -2.25. The largest absolute Gasteiger partial charge is 0.377 e. The Morgan fingerprint density at radius 2 is 2.05 bits per heavy atom. The molecular weight excluding hydrogens is 264 g/mol. The third kappa shape index (κ3) is 4.70. The summed E-state index contributed by atoms with van der Waals surface area (Å²) in [6, 6.07) is 0. The number of sulfonamides is 1. The van der Waals surface area contributed by atoms with E-state index in [0.717, 1.165) is 38.8 Å². The SMILES string of the molecule is CC1CN(S(=O)(=O)CCC2CCNCC2)CCCO1. The van der Waals surface area contributed by atoms with E-state index in [9.17, 15) is 8.42 Å². The lowest BCUT2D eigenvalue weighted by molar-refractivity contribution is 0.0752. The van der Waals surface area contributed by atoms with E-state index in [0.29, 0.717) is 31.4 Å². The topological polar surface area (TPSA) is 58.6 Å². The molecule has 2 fully saturated rings. The molecule has 5 nitrogen and oxygen atoms in total. The summed E-state index contributed by atoms with van der Waals surface area (Å²) in [7, 11) is -3.11. The molecular formula is C13H26N2O3S. The minimum atomic E-state index is -3.11. The smallest absolute Gasteiger partial charge is 0.214 e. The first-order valence-electron chi connectivity index (χ1n) is 7.38. The van der Waals surface area contributed by atoms with Crippen molar-refractivity contribution in [2.45, 2.75) is 38.7 Å². The van der Waals surface area contributed by atoms with Gasteiger partial charge in [0.15, 0.2) is 0 Å². The average molecular weight is 290 g/mol. The maximum atomic E-state index is 12.4. The van der Waals surface area contributed by atoms with Gasteiger partial charge in [-0.3, -0.25) is 0 Å². The zero-order valence-electron chi connectivity index (χ0n) is 11.8. The first kappa shape index (κ1) is 15.2. The minimum Gasteiger partial charge on any atom is -0.377 e. The lowest BCUT2D eigenvalue weighted by atomic mass is 9.96. The van der Waals surface area contributed by atoms with Crippen molar-refractivity contribution in [1.82, 2.24) is 9.62 Å². The van der Waals surface area contributed by atoms with Crippen LogP contribution in [0.15, 0.2) is 0 Å². The summed E-state index contributed by atoms with van der Waals surface area (Å²) < 4.78 is 31.9. The van der Waals surface area contributed by atoms with E-state index in [1.54, 1.807) is 4.31 Å². The molecule has 6 heteroatoms. The second-order valence-corrected chi connectivity index (χ2v) is 7.78. The van der Waals surface area contributed by atoms with Gasteiger partial charge in [0.05, 0.1) is 11.9 Å². The number of piperidine rings is 1. The van der Waals surface area contributed by atoms with Crippen LogP contribution < -0.4 is 5.32 Å². The quantitative estimate of drug-likeness (QED) is 0.833. The first-order valence-corrected chi connectivity index (χ1v) is 8.99. The first-order chi connectivity index (χ1) is 9.08. The molecule has 0 bridgehead atoms. The molecule has 2 saturated heterocycles. The lowest BCUT2D eigenvalue weighted by Crippen LogP contribution is -2.38. The van der Waals surface area contributed by atoms with E-state index in [4.69, 9.17) is 4.74 Å². The summed E-state index contributed by atoms with van der Waals surface area (Å²) in [4.78, 5) is 0. The van der Waals surface area contributed by atoms with Gasteiger partial charge in [0.2, 0.25) is 10.0 Å². The average Bonchev–Trinajstić information content (AvgIpc) is 2.63. The van der Waals surface area contributed by atoms with Crippen molar-refractivity contribution >= 4 is 10.0 Å². The van der Waals surface area contributed by atoms with Crippen LogP contribution in [-0.2, 0) is 14.8 Å². The zero-order valence-corrected chi connectivity index (χ0v) is 12.6. The fourth-order valence-corrected chi connectivity index (χ4v) is 4.56. The molecule has 0 saturated carbocycles. The van der Waals surface area contributed by atoms with Crippen molar-refractivity contribution in [3.8, 4) is 0 Å². The van der Waals surface area contributed by atoms with Crippen molar-refractivity contribution in [1.29, 1.82) is 0 Å². The monoisotopic (exact) mass is 290 g/mol. The molecule has 112 valence electrons. The second kappa shape index (κ2) is 7.02. The normalized spacial score (nSPS) is 28.2. The summed E-state index contributed by atoms with van der Waals surface area (Å²) in [6.45, 7) is 5.79. The molecule has 1 N–H and O–H groups in total. The van der Waals surface area contributed by atoms with Crippen molar-refractivity contribution in [3.63, 3.8) is 0 Å². The van der Waals surface area contributed by atoms with Gasteiger partial charge in [-0.2, -0.15) is 4.31 Å². The van der Waals surface area contributed by atoms with Crippen LogP contribution in [0.4, 0.5) is 0 Å². The van der Waals surface area contributed by atoms with Gasteiger partial charge in [-0.1, -0.05) is 0 Å². The number of ether oxygens (including phenoxy) is 1. The van der Waals surface area contributed by atoms with Gasteiger partial charge in [0.1, 0.15) is 0 Å². The highest BCUT2D eigenvalue weighted by molar-refractivity contribution is 7.89. The summed E-state index contributed by atoms with van der Waals surface area (Å²) in [5.41, 5.74) is 0. The van der Waals surface area contributed by atoms with Crippen LogP contribution in [0.25, 0.3) is 0 Å². The van der Waals surface area contributed by atoms with Crippen LogP contribution >= 0.6 is 0 Å². The van der Waals surface area contributed by atoms with Gasteiger partial charge in [0, 0.05) is 19.7 Å². The number of nitrogens with one attached hydrogen (secondary N) is 1. The van der Waals surface area contributed by atoms with E-state index in [1.165, 1.54) is 0 Å². The van der Waals surface area contributed by atoms with E-state index < -0.39 is 10.0 Å². The number of rotatable bonds is 4. The Kier molecular flexibility index (Phi) is 5.62. The molecule has 0 aliphatic carbocycles. The Morgan fingerprint density at radius 3 is 2.79 bits per heavy atom. The van der Waals surface area contributed by atoms with Crippen molar-refractivity contribution < 1.29 is 13.2 Å². The third-order valence-electron chi connectivity index (χ3n) is 4.05. The Morgan fingerprint density at radius 1 is 1.32 bits per heavy atom. The van der Waals surface area contributed by atoms with Gasteiger partial charge in [-0.05, 0) is 51.6 Å². The van der Waals surface area contributed by atoms with Crippen LogP contribution in [-0.4, -0.2) is 57.4 Å². The predicted molar refractivity (Wildman–Crippen MR) is 75.6 cm³/mol. The number of hydrogen-bond acceptors (Lipinski definition) is 4. The van der Waals surface area contributed by atoms with E-state index in [-0.39, 0.29) is 6.10 Å². The van der Waals surface area contributed by atoms with Gasteiger partial charge in [-0.25, -0.2) is 8.42 Å². The summed E-state index contributed by atoms with van der Waals surface area (Å²) in [6.07, 6.45) is 3.83. The molecule has 0 spiro atoms. The number of hydrogen-bond donors (Lipinski definition) is 1. The molecule has 0 aromatic rings. The molecule has 0 amide bonds. The van der Waals surface area contributed by atoms with Crippen LogP contribution in [0, 0.1) is 5.92 Å². The standard InChI is InChI=1S/C13H26N2O3S/c1-12-11-15(8-2-9-18-12)19(16,17)10-5-13-3-6-14-7-4-13/h12-14H,2-11H2,1H3. The van der Waals surface area contributed by atoms with E-state index in [2.05, 4.69) is 5.32 Å². The summed E-state index contributed by atoms with van der Waals surface area (Å²) in [5, 5.41) is 3.31. The molecule has 0 aromatic carbocycles. The van der Waals surface area contributed by atoms with Gasteiger partial charge in [-0.15, -0.1) is 0 Å². The van der Waals surface area contributed by atoms with Crippen LogP contribution in [0.2, 0.25) is 0 Å². The predicted octanol–water partition coefficient (Wildman–Crippen LogP) is 0.817. The highest BCUT2D eigenvalue weighted by atomic mass is 32.2. The highest BCUT2D eigenvalue weighted by Crippen LogP contribution is 2.19. The maximum Gasteiger partial charge on any atom is 0.214 e. The van der Waals surface area contributed by atoms with Crippen molar-refractivity contribution in [2.75, 3.05) is 38.5 Å². The molecule has 2 rings (SSSR count). The third-order valence-corrected chi connectivity index (χ3v) is 5.92. The zero-order chi connectivity index (χ0) is 13.7. The molecule has 1 atom stereocenters. The molecule has 0 radical (unpaired) electrons. The Hall–Kier alpha value is -0.170. The van der Waals surface area contributed by atoms with E-state index in [1.807, 2.05) is 6.92 Å². The molecule has 2 heterocycles. The summed E-state index contributed by atoms with van der Waals surface area (Å²) in [5.74, 6) is 0.862. The van der Waals surface area contributed by atoms with Gasteiger partial charge in [0.25, 0.3) is 0 Å². The Balaban J connectivity index is 1.85. The van der Waals surface area contributed by atoms with Crippen LogP contribution in [0.3, 0.4) is 0 Å². The Bertz CT molecular complexity index is 366. The highest BCUT2D eigenvalue weighted by Gasteiger charge is 2.27. The molecule has 19 heavy (non-hydrogen) atoms. The second-order valence-electron chi connectivity index (χ2n) is 5.69. The van der Waals surface area contributed by atoms with Gasteiger partial charge >= 0.3 is 0 Å². The fraction of sp³-hybridized carbons (Fsp3) is 1.00. The molecule has 2 aliphatic rings. The molecule has 1 unspecified atom stereocenters. The van der Waals surface area contributed by atoms with E-state index >= 15 is 0 Å². The molecule has 0 aromatic heterocycles. The fourth-order valence-electron chi connectivity index (χ4n) is 2.82. The number of nitrogens with zero attached hydrogens (tertiary/aromatic N) is 1. The molecule has 2 aliphatic heterocycles. The van der Waals surface area contributed by atoms with Crippen LogP contribution in [0.5, 0.6) is 0 Å². The van der Waals surface area contributed by atoms with Gasteiger partial charge < -0.3 is 10.1 Å². The van der Waals surface area contributed by atoms with Crippen molar-refractivity contribution in [3.05, 3.63) is 0 Å².